The zero-order chi connectivity index (χ0) is 14.1. The Morgan fingerprint density at radius 2 is 1.78 bits per heavy atom. The lowest BCUT2D eigenvalue weighted by Gasteiger charge is -2.24. The zero-order valence-electron chi connectivity index (χ0n) is 11.5. The number of hydrogen-bond donors (Lipinski definition) is 3. The first kappa shape index (κ1) is 14.2. The van der Waals surface area contributed by atoms with Crippen LogP contribution in [0.5, 0.6) is 0 Å². The number of amides is 1. The van der Waals surface area contributed by atoms with Crippen LogP contribution in [0.3, 0.4) is 0 Å². The molecule has 0 unspecified atom stereocenters. The van der Waals surface area contributed by atoms with Gasteiger partial charge >= 0.3 is 0 Å². The summed E-state index contributed by atoms with van der Waals surface area (Å²) in [7, 11) is 0. The van der Waals surface area contributed by atoms with Gasteiger partial charge in [-0.2, -0.15) is 0 Å². The van der Waals surface area contributed by atoms with E-state index < -0.39 is 11.4 Å². The molecular weight excluding hydrogens is 230 g/mol. The summed E-state index contributed by atoms with van der Waals surface area (Å²) in [4.78, 5) is 19.8. The highest BCUT2D eigenvalue weighted by molar-refractivity contribution is 5.86. The maximum Gasteiger partial charge on any atom is 0.242 e. The zero-order valence-corrected chi connectivity index (χ0v) is 11.5. The molecule has 1 heterocycles. The Bertz CT molecular complexity index is 462. The Labute approximate surface area is 107 Å². The molecule has 1 aromatic heterocycles. The molecule has 6 heteroatoms. The summed E-state index contributed by atoms with van der Waals surface area (Å²) in [6.07, 6.45) is 0. The number of primary amides is 1. The average Bonchev–Trinajstić information content (AvgIpc) is 2.13. The van der Waals surface area contributed by atoms with Crippen LogP contribution in [0.15, 0.2) is 6.07 Å². The lowest BCUT2D eigenvalue weighted by atomic mass is 9.95. The summed E-state index contributed by atoms with van der Waals surface area (Å²) < 4.78 is 0. The molecule has 0 spiro atoms. The minimum atomic E-state index is -0.893. The van der Waals surface area contributed by atoms with E-state index >= 15 is 0 Å². The fourth-order valence-corrected chi connectivity index (χ4v) is 1.25. The van der Waals surface area contributed by atoms with Crippen LogP contribution in [-0.4, -0.2) is 21.4 Å². The molecule has 1 aromatic rings. The van der Waals surface area contributed by atoms with Crippen molar-refractivity contribution in [2.75, 3.05) is 11.1 Å². The van der Waals surface area contributed by atoms with Crippen LogP contribution in [0.4, 0.5) is 11.6 Å². The first-order valence-corrected chi connectivity index (χ1v) is 5.75. The van der Waals surface area contributed by atoms with Gasteiger partial charge in [-0.25, -0.2) is 9.97 Å². The van der Waals surface area contributed by atoms with Gasteiger partial charge in [-0.15, -0.1) is 0 Å². The third-order valence-corrected chi connectivity index (χ3v) is 2.47. The first-order valence-electron chi connectivity index (χ1n) is 5.75. The summed E-state index contributed by atoms with van der Waals surface area (Å²) in [6.45, 7) is 9.34. The van der Waals surface area contributed by atoms with Gasteiger partial charge < -0.3 is 16.8 Å². The smallest absolute Gasteiger partial charge is 0.242 e. The van der Waals surface area contributed by atoms with E-state index in [1.807, 2.05) is 20.8 Å². The van der Waals surface area contributed by atoms with Crippen molar-refractivity contribution in [2.45, 2.75) is 45.6 Å². The lowest BCUT2D eigenvalue weighted by molar-refractivity contribution is -0.121. The van der Waals surface area contributed by atoms with Gasteiger partial charge in [-0.1, -0.05) is 20.8 Å². The van der Waals surface area contributed by atoms with E-state index in [2.05, 4.69) is 15.3 Å². The van der Waals surface area contributed by atoms with Gasteiger partial charge in [0.15, 0.2) is 0 Å². The molecule has 0 saturated carbocycles. The van der Waals surface area contributed by atoms with E-state index in [1.54, 1.807) is 19.9 Å². The summed E-state index contributed by atoms with van der Waals surface area (Å²) in [5, 5.41) is 2.97. The summed E-state index contributed by atoms with van der Waals surface area (Å²) in [5.41, 5.74) is 9.94. The number of anilines is 2. The molecule has 18 heavy (non-hydrogen) atoms. The molecule has 0 aliphatic rings. The highest BCUT2D eigenvalue weighted by Crippen LogP contribution is 2.22. The number of hydrogen-bond acceptors (Lipinski definition) is 5. The molecule has 100 valence electrons. The molecule has 1 amide bonds. The molecule has 0 aromatic carbocycles. The van der Waals surface area contributed by atoms with E-state index in [0.717, 1.165) is 0 Å². The highest BCUT2D eigenvalue weighted by Gasteiger charge is 2.26. The van der Waals surface area contributed by atoms with Crippen molar-refractivity contribution in [3.63, 3.8) is 0 Å². The standard InChI is InChI=1S/C12H21N5O/c1-11(2,3)10-15-7(13)6-8(16-10)17-12(4,5)9(14)18/h6H,1-5H3,(H2,14,18)(H3,13,15,16,17). The molecule has 5 N–H and O–H groups in total. The Morgan fingerprint density at radius 3 is 2.22 bits per heavy atom. The molecule has 0 fully saturated rings. The lowest BCUT2D eigenvalue weighted by Crippen LogP contribution is -2.45. The third-order valence-electron chi connectivity index (χ3n) is 2.47. The van der Waals surface area contributed by atoms with Crippen LogP contribution in [0, 0.1) is 0 Å². The van der Waals surface area contributed by atoms with Gasteiger partial charge in [0, 0.05) is 11.5 Å². The number of nitrogens with two attached hydrogens (primary N) is 2. The van der Waals surface area contributed by atoms with E-state index in [0.29, 0.717) is 17.5 Å². The van der Waals surface area contributed by atoms with E-state index in [1.165, 1.54) is 0 Å². The van der Waals surface area contributed by atoms with Gasteiger partial charge in [0.2, 0.25) is 5.91 Å². The van der Waals surface area contributed by atoms with Crippen LogP contribution in [0.1, 0.15) is 40.4 Å². The molecular formula is C12H21N5O. The largest absolute Gasteiger partial charge is 0.384 e. The van der Waals surface area contributed by atoms with Crippen molar-refractivity contribution in [2.24, 2.45) is 5.73 Å². The van der Waals surface area contributed by atoms with Crippen LogP contribution in [0.25, 0.3) is 0 Å². The Balaban J connectivity index is 3.12. The van der Waals surface area contributed by atoms with Gasteiger partial charge in [0.1, 0.15) is 23.0 Å². The Kier molecular flexibility index (Phi) is 3.50. The summed E-state index contributed by atoms with van der Waals surface area (Å²) >= 11 is 0. The average molecular weight is 251 g/mol. The maximum absolute atomic E-state index is 11.3. The van der Waals surface area contributed by atoms with Crippen molar-refractivity contribution < 1.29 is 4.79 Å². The van der Waals surface area contributed by atoms with Gasteiger partial charge in [-0.3, -0.25) is 4.79 Å². The molecule has 0 bridgehead atoms. The quantitative estimate of drug-likeness (QED) is 0.743. The van der Waals surface area contributed by atoms with Crippen molar-refractivity contribution in [3.8, 4) is 0 Å². The fraction of sp³-hybridized carbons (Fsp3) is 0.583. The fourth-order valence-electron chi connectivity index (χ4n) is 1.25. The van der Waals surface area contributed by atoms with Crippen LogP contribution < -0.4 is 16.8 Å². The SMILES string of the molecule is CC(C)(Nc1cc(N)nc(C(C)(C)C)n1)C(N)=O. The molecule has 0 radical (unpaired) electrons. The number of nitrogen functional groups attached to an aromatic ring is 1. The normalized spacial score (nSPS) is 12.3. The summed E-state index contributed by atoms with van der Waals surface area (Å²) in [5.74, 6) is 1.01. The molecule has 1 rings (SSSR count). The predicted molar refractivity (Wildman–Crippen MR) is 72.0 cm³/mol. The second-order valence-corrected chi connectivity index (χ2v) is 5.87. The second-order valence-electron chi connectivity index (χ2n) is 5.87. The third kappa shape index (κ3) is 3.32. The van der Waals surface area contributed by atoms with E-state index in [4.69, 9.17) is 11.5 Å². The number of nitrogens with one attached hydrogen (secondary N) is 1. The first-order chi connectivity index (χ1) is 8.02. The number of rotatable bonds is 3. The van der Waals surface area contributed by atoms with Crippen molar-refractivity contribution in [1.82, 2.24) is 9.97 Å². The van der Waals surface area contributed by atoms with Crippen molar-refractivity contribution in [1.29, 1.82) is 0 Å². The van der Waals surface area contributed by atoms with Gasteiger partial charge in [0.25, 0.3) is 0 Å². The number of nitrogens with zero attached hydrogens (tertiary/aromatic N) is 2. The van der Waals surface area contributed by atoms with Crippen LogP contribution in [0.2, 0.25) is 0 Å². The molecule has 0 aliphatic carbocycles. The van der Waals surface area contributed by atoms with E-state index in [-0.39, 0.29) is 5.41 Å². The second kappa shape index (κ2) is 4.44. The molecule has 0 aliphatic heterocycles. The Morgan fingerprint density at radius 1 is 1.22 bits per heavy atom. The molecule has 0 atom stereocenters. The van der Waals surface area contributed by atoms with Crippen molar-refractivity contribution >= 4 is 17.5 Å². The number of carbonyl (C=O) groups is 1. The minimum absolute atomic E-state index is 0.220. The predicted octanol–water partition coefficient (Wildman–Crippen LogP) is 1.03. The number of aromatic nitrogens is 2. The van der Waals surface area contributed by atoms with E-state index in [9.17, 15) is 4.79 Å². The Hall–Kier alpha value is -1.85. The van der Waals surface area contributed by atoms with Crippen LogP contribution in [-0.2, 0) is 10.2 Å². The molecule has 6 nitrogen and oxygen atoms in total. The van der Waals surface area contributed by atoms with Gasteiger partial charge in [-0.05, 0) is 13.8 Å². The van der Waals surface area contributed by atoms with Crippen molar-refractivity contribution in [3.05, 3.63) is 11.9 Å². The monoisotopic (exact) mass is 251 g/mol. The summed E-state index contributed by atoms with van der Waals surface area (Å²) in [6, 6.07) is 1.58. The number of carbonyl (C=O) groups excluding carboxylic acids is 1. The van der Waals surface area contributed by atoms with Gasteiger partial charge in [0.05, 0.1) is 0 Å². The van der Waals surface area contributed by atoms with Crippen LogP contribution >= 0.6 is 0 Å². The minimum Gasteiger partial charge on any atom is -0.384 e. The maximum atomic E-state index is 11.3. The molecule has 0 saturated heterocycles. The highest BCUT2D eigenvalue weighted by atomic mass is 16.1. The topological polar surface area (TPSA) is 107 Å².